The van der Waals surface area contributed by atoms with E-state index in [2.05, 4.69) is 27.3 Å². The van der Waals surface area contributed by atoms with Crippen molar-refractivity contribution >= 4 is 16.9 Å². The van der Waals surface area contributed by atoms with Crippen molar-refractivity contribution < 1.29 is 9.53 Å². The number of aromatic amines is 1. The van der Waals surface area contributed by atoms with Crippen LogP contribution in [0, 0.1) is 0 Å². The van der Waals surface area contributed by atoms with E-state index in [4.69, 9.17) is 4.74 Å². The maximum atomic E-state index is 13.2. The number of hydrogen-bond donors (Lipinski definition) is 1. The Kier molecular flexibility index (Phi) is 6.65. The lowest BCUT2D eigenvalue weighted by molar-refractivity contribution is -0.136. The normalized spacial score (nSPS) is 12.4. The first-order chi connectivity index (χ1) is 16.3. The summed E-state index contributed by atoms with van der Waals surface area (Å²) in [5.41, 5.74) is 5.31. The molecule has 0 fully saturated rings. The molecule has 0 aliphatic rings. The number of rotatable bonds is 7. The molecule has 2 heterocycles. The summed E-state index contributed by atoms with van der Waals surface area (Å²) in [5, 5.41) is 8.41. The summed E-state index contributed by atoms with van der Waals surface area (Å²) >= 11 is 0. The quantitative estimate of drug-likeness (QED) is 0.433. The molecule has 0 aliphatic heterocycles. The molecule has 0 saturated carbocycles. The zero-order valence-corrected chi connectivity index (χ0v) is 20.5. The molecule has 0 spiro atoms. The van der Waals surface area contributed by atoms with E-state index >= 15 is 0 Å². The average Bonchev–Trinajstić information content (AvgIpc) is 3.26. The molecule has 4 rings (SSSR count). The number of para-hydroxylation sites is 1. The second-order valence-electron chi connectivity index (χ2n) is 8.93. The Bertz CT molecular complexity index is 1310. The summed E-state index contributed by atoms with van der Waals surface area (Å²) in [6, 6.07) is 17.8. The molecule has 34 heavy (non-hydrogen) atoms. The number of carbonyl (C=O) groups is 1. The molecular formula is C27H31N5O2. The van der Waals surface area contributed by atoms with Crippen molar-refractivity contribution in [2.45, 2.75) is 25.9 Å². The molecule has 1 unspecified atom stereocenters. The van der Waals surface area contributed by atoms with E-state index in [1.807, 2.05) is 88.6 Å². The second-order valence-corrected chi connectivity index (χ2v) is 8.93. The minimum atomic E-state index is -0.373. The van der Waals surface area contributed by atoms with Crippen LogP contribution in [0.2, 0.25) is 0 Å². The number of benzene rings is 2. The highest BCUT2D eigenvalue weighted by molar-refractivity contribution is 5.95. The number of nitrogens with one attached hydrogen (secondary N) is 1. The number of aromatic nitrogens is 3. The molecule has 1 atom stereocenters. The fourth-order valence-corrected chi connectivity index (χ4v) is 4.11. The molecule has 0 aliphatic carbocycles. The molecule has 4 aromatic rings. The van der Waals surface area contributed by atoms with Crippen LogP contribution < -0.4 is 4.74 Å². The minimum absolute atomic E-state index is 0.0685. The van der Waals surface area contributed by atoms with E-state index in [9.17, 15) is 4.79 Å². The van der Waals surface area contributed by atoms with Crippen LogP contribution in [0.3, 0.4) is 0 Å². The number of likely N-dealkylation sites (N-methyl/N-ethyl adjacent to an activating group) is 2. The predicted octanol–water partition coefficient (Wildman–Crippen LogP) is 4.77. The minimum Gasteiger partial charge on any atom is -0.496 e. The molecule has 1 N–H and O–H groups in total. The Morgan fingerprint density at radius 1 is 1.00 bits per heavy atom. The van der Waals surface area contributed by atoms with E-state index in [-0.39, 0.29) is 18.0 Å². The van der Waals surface area contributed by atoms with Gasteiger partial charge in [0.1, 0.15) is 11.8 Å². The zero-order valence-electron chi connectivity index (χ0n) is 20.5. The molecular weight excluding hydrogens is 426 g/mol. The van der Waals surface area contributed by atoms with Crippen molar-refractivity contribution in [2.75, 3.05) is 28.3 Å². The fraction of sp³-hybridized carbons (Fsp3) is 0.296. The van der Waals surface area contributed by atoms with Crippen LogP contribution in [0.15, 0.2) is 60.8 Å². The van der Waals surface area contributed by atoms with Crippen molar-refractivity contribution in [1.29, 1.82) is 0 Å². The van der Waals surface area contributed by atoms with Crippen molar-refractivity contribution in [2.24, 2.45) is 0 Å². The van der Waals surface area contributed by atoms with Crippen LogP contribution in [-0.4, -0.2) is 65.2 Å². The third-order valence-electron chi connectivity index (χ3n) is 6.19. The number of H-pyrrole nitrogens is 1. The van der Waals surface area contributed by atoms with E-state index in [1.165, 1.54) is 0 Å². The second kappa shape index (κ2) is 9.65. The molecule has 0 radical (unpaired) electrons. The molecule has 2 aromatic heterocycles. The fourth-order valence-electron chi connectivity index (χ4n) is 4.11. The SMILES string of the molecule is COc1ccccc1-c1[nH]nc2ncc(-c3cccc(C(C(=O)N(C)C(C)C)N(C)C)c3)cc12. The first-order valence-corrected chi connectivity index (χ1v) is 11.3. The van der Waals surface area contributed by atoms with Crippen LogP contribution >= 0.6 is 0 Å². The van der Waals surface area contributed by atoms with Gasteiger partial charge in [-0.15, -0.1) is 0 Å². The predicted molar refractivity (Wildman–Crippen MR) is 136 cm³/mol. The van der Waals surface area contributed by atoms with Gasteiger partial charge in [0.05, 0.1) is 12.8 Å². The van der Waals surface area contributed by atoms with Crippen molar-refractivity contribution in [3.63, 3.8) is 0 Å². The first kappa shape index (κ1) is 23.4. The van der Waals surface area contributed by atoms with Crippen molar-refractivity contribution in [1.82, 2.24) is 25.0 Å². The number of nitrogens with zero attached hydrogens (tertiary/aromatic N) is 4. The maximum Gasteiger partial charge on any atom is 0.244 e. The molecule has 0 bridgehead atoms. The highest BCUT2D eigenvalue weighted by Crippen LogP contribution is 2.35. The van der Waals surface area contributed by atoms with Crippen LogP contribution in [-0.2, 0) is 4.79 Å². The van der Waals surface area contributed by atoms with Crippen molar-refractivity contribution in [3.05, 3.63) is 66.4 Å². The average molecular weight is 458 g/mol. The van der Waals surface area contributed by atoms with Gasteiger partial charge in [-0.1, -0.05) is 30.3 Å². The maximum absolute atomic E-state index is 13.2. The summed E-state index contributed by atoms with van der Waals surface area (Å²) in [4.78, 5) is 21.6. The number of ether oxygens (including phenoxy) is 1. The highest BCUT2D eigenvalue weighted by atomic mass is 16.5. The van der Waals surface area contributed by atoms with Gasteiger partial charge in [0.15, 0.2) is 5.65 Å². The molecule has 7 nitrogen and oxygen atoms in total. The lowest BCUT2D eigenvalue weighted by atomic mass is 9.97. The van der Waals surface area contributed by atoms with E-state index < -0.39 is 0 Å². The molecule has 0 saturated heterocycles. The number of hydrogen-bond acceptors (Lipinski definition) is 5. The standard InChI is InChI=1S/C27H31N5O2/c1-17(2)32(5)27(33)25(31(3)4)19-11-9-10-18(14-19)20-15-22-24(29-30-26(22)28-16-20)21-12-7-8-13-23(21)34-6/h7-17,25H,1-6H3,(H,28,29,30). The molecule has 1 amide bonds. The van der Waals surface area contributed by atoms with Crippen LogP contribution in [0.1, 0.15) is 25.5 Å². The van der Waals surface area contributed by atoms with Crippen LogP contribution in [0.25, 0.3) is 33.4 Å². The topological polar surface area (TPSA) is 74.3 Å². The van der Waals surface area contributed by atoms with Gasteiger partial charge in [0.25, 0.3) is 0 Å². The zero-order chi connectivity index (χ0) is 24.4. The van der Waals surface area contributed by atoms with Crippen molar-refractivity contribution in [3.8, 4) is 28.1 Å². The summed E-state index contributed by atoms with van der Waals surface area (Å²) in [7, 11) is 7.37. The Hall–Kier alpha value is -3.71. The van der Waals surface area contributed by atoms with Gasteiger partial charge in [-0.2, -0.15) is 5.10 Å². The number of fused-ring (bicyclic) bond motifs is 1. The third kappa shape index (κ3) is 4.39. The Morgan fingerprint density at radius 2 is 1.76 bits per heavy atom. The number of pyridine rings is 1. The lowest BCUT2D eigenvalue weighted by Gasteiger charge is -2.31. The lowest BCUT2D eigenvalue weighted by Crippen LogP contribution is -2.41. The Balaban J connectivity index is 1.77. The molecule has 7 heteroatoms. The summed E-state index contributed by atoms with van der Waals surface area (Å²) in [6.45, 7) is 4.04. The monoisotopic (exact) mass is 457 g/mol. The smallest absolute Gasteiger partial charge is 0.244 e. The van der Waals surface area contributed by atoms with Gasteiger partial charge in [0, 0.05) is 35.8 Å². The summed E-state index contributed by atoms with van der Waals surface area (Å²) in [5.74, 6) is 0.834. The van der Waals surface area contributed by atoms with Crippen LogP contribution in [0.4, 0.5) is 0 Å². The summed E-state index contributed by atoms with van der Waals surface area (Å²) < 4.78 is 5.55. The van der Waals surface area contributed by atoms with Crippen LogP contribution in [0.5, 0.6) is 5.75 Å². The van der Waals surface area contributed by atoms with Gasteiger partial charge in [-0.25, -0.2) is 4.98 Å². The van der Waals surface area contributed by atoms with Gasteiger partial charge in [-0.3, -0.25) is 14.8 Å². The largest absolute Gasteiger partial charge is 0.496 e. The number of amides is 1. The van der Waals surface area contributed by atoms with E-state index in [0.717, 1.165) is 39.1 Å². The Morgan fingerprint density at radius 3 is 2.47 bits per heavy atom. The third-order valence-corrected chi connectivity index (χ3v) is 6.19. The summed E-state index contributed by atoms with van der Waals surface area (Å²) in [6.07, 6.45) is 1.82. The number of carbonyl (C=O) groups excluding carboxylic acids is 1. The molecule has 2 aromatic carbocycles. The van der Waals surface area contributed by atoms with Gasteiger partial charge >= 0.3 is 0 Å². The first-order valence-electron chi connectivity index (χ1n) is 11.3. The molecule has 176 valence electrons. The van der Waals surface area contributed by atoms with Gasteiger partial charge in [-0.05, 0) is 63.3 Å². The Labute approximate surface area is 200 Å². The van der Waals surface area contributed by atoms with E-state index in [1.54, 1.807) is 12.0 Å². The number of methoxy groups -OCH3 is 1. The van der Waals surface area contributed by atoms with Gasteiger partial charge in [0.2, 0.25) is 5.91 Å². The highest BCUT2D eigenvalue weighted by Gasteiger charge is 2.27. The van der Waals surface area contributed by atoms with Gasteiger partial charge < -0.3 is 9.64 Å². The van der Waals surface area contributed by atoms with E-state index in [0.29, 0.717) is 5.65 Å².